The minimum absolute atomic E-state index is 0.168. The van der Waals surface area contributed by atoms with Crippen LogP contribution in [0.5, 0.6) is 5.75 Å². The van der Waals surface area contributed by atoms with E-state index in [0.29, 0.717) is 18.7 Å². The number of nitrogens with zero attached hydrogens (tertiary/aromatic N) is 1. The molecular weight excluding hydrogens is 235 g/mol. The molecule has 0 bridgehead atoms. The summed E-state index contributed by atoms with van der Waals surface area (Å²) in [5.74, 6) is -0.237. The van der Waals surface area contributed by atoms with Crippen molar-refractivity contribution < 1.29 is 22.6 Å². The number of pyridine rings is 1. The van der Waals surface area contributed by atoms with E-state index in [2.05, 4.69) is 4.98 Å². The minimum atomic E-state index is -4.43. The van der Waals surface area contributed by atoms with E-state index < -0.39 is 11.7 Å². The van der Waals surface area contributed by atoms with Gasteiger partial charge in [0, 0.05) is 25.8 Å². The van der Waals surface area contributed by atoms with Crippen molar-refractivity contribution >= 4 is 0 Å². The van der Waals surface area contributed by atoms with Crippen molar-refractivity contribution in [3.63, 3.8) is 0 Å². The van der Waals surface area contributed by atoms with Gasteiger partial charge in [-0.3, -0.25) is 4.98 Å². The number of rotatable bonds is 5. The predicted molar refractivity (Wildman–Crippen MR) is 56.0 cm³/mol. The summed E-state index contributed by atoms with van der Waals surface area (Å²) in [5, 5.41) is 0. The highest BCUT2D eigenvalue weighted by atomic mass is 19.4. The first-order valence-electron chi connectivity index (χ1n) is 5.10. The van der Waals surface area contributed by atoms with E-state index in [0.717, 1.165) is 12.3 Å². The number of aryl methyl sites for hydroxylation is 1. The maximum absolute atomic E-state index is 12.7. The zero-order valence-corrected chi connectivity index (χ0v) is 9.67. The molecule has 1 heterocycles. The zero-order chi connectivity index (χ0) is 12.9. The second-order valence-corrected chi connectivity index (χ2v) is 3.51. The molecular formula is C11H14F3NO2. The average Bonchev–Trinajstić information content (AvgIpc) is 2.25. The van der Waals surface area contributed by atoms with Crippen LogP contribution in [0.3, 0.4) is 0 Å². The second kappa shape index (κ2) is 5.86. The summed E-state index contributed by atoms with van der Waals surface area (Å²) in [5.41, 5.74) is -0.482. The van der Waals surface area contributed by atoms with Crippen molar-refractivity contribution in [2.75, 3.05) is 20.3 Å². The molecule has 0 N–H and O–H groups in total. The Bertz CT molecular complexity index is 366. The summed E-state index contributed by atoms with van der Waals surface area (Å²) in [6.07, 6.45) is -2.79. The molecule has 17 heavy (non-hydrogen) atoms. The monoisotopic (exact) mass is 249 g/mol. The zero-order valence-electron chi connectivity index (χ0n) is 9.67. The summed E-state index contributed by atoms with van der Waals surface area (Å²) in [7, 11) is 1.52. The summed E-state index contributed by atoms with van der Waals surface area (Å²) in [6, 6.07) is 0.978. The SMILES string of the molecule is COCCCOc1cnc(C)cc1C(F)(F)F. The molecule has 0 saturated carbocycles. The van der Waals surface area contributed by atoms with Gasteiger partial charge in [-0.1, -0.05) is 0 Å². The Labute approximate surface area is 97.6 Å². The molecule has 96 valence electrons. The number of ether oxygens (including phenoxy) is 2. The third-order valence-electron chi connectivity index (χ3n) is 2.06. The van der Waals surface area contributed by atoms with Gasteiger partial charge in [0.15, 0.2) is 0 Å². The van der Waals surface area contributed by atoms with Gasteiger partial charge in [0.05, 0.1) is 12.8 Å². The van der Waals surface area contributed by atoms with E-state index in [1.165, 1.54) is 14.0 Å². The number of hydrogen-bond acceptors (Lipinski definition) is 3. The van der Waals surface area contributed by atoms with Gasteiger partial charge >= 0.3 is 6.18 Å². The summed E-state index contributed by atoms with van der Waals surface area (Å²) in [6.45, 7) is 2.12. The lowest BCUT2D eigenvalue weighted by molar-refractivity contribution is -0.139. The Morgan fingerprint density at radius 1 is 1.29 bits per heavy atom. The van der Waals surface area contributed by atoms with Gasteiger partial charge < -0.3 is 9.47 Å². The van der Waals surface area contributed by atoms with Crippen molar-refractivity contribution in [2.45, 2.75) is 19.5 Å². The standard InChI is InChI=1S/C11H14F3NO2/c1-8-6-9(11(12,13)14)10(7-15-8)17-5-3-4-16-2/h6-7H,3-5H2,1-2H3. The normalized spacial score (nSPS) is 11.6. The Balaban J connectivity index is 2.77. The minimum Gasteiger partial charge on any atom is -0.491 e. The molecule has 1 aromatic heterocycles. The lowest BCUT2D eigenvalue weighted by atomic mass is 10.2. The van der Waals surface area contributed by atoms with Crippen molar-refractivity contribution in [3.8, 4) is 5.75 Å². The highest BCUT2D eigenvalue weighted by Crippen LogP contribution is 2.36. The predicted octanol–water partition coefficient (Wildman–Crippen LogP) is 2.82. The van der Waals surface area contributed by atoms with Crippen LogP contribution in [0.2, 0.25) is 0 Å². The van der Waals surface area contributed by atoms with E-state index in [1.54, 1.807) is 0 Å². The van der Waals surface area contributed by atoms with Crippen LogP contribution in [0.15, 0.2) is 12.3 Å². The molecule has 0 aromatic carbocycles. The highest BCUT2D eigenvalue weighted by molar-refractivity contribution is 5.34. The van der Waals surface area contributed by atoms with Crippen molar-refractivity contribution in [1.82, 2.24) is 4.98 Å². The van der Waals surface area contributed by atoms with Gasteiger partial charge in [0.2, 0.25) is 0 Å². The fourth-order valence-electron chi connectivity index (χ4n) is 1.27. The number of methoxy groups -OCH3 is 1. The Morgan fingerprint density at radius 2 is 2.00 bits per heavy atom. The lowest BCUT2D eigenvalue weighted by Crippen LogP contribution is -2.11. The van der Waals surface area contributed by atoms with Gasteiger partial charge in [-0.2, -0.15) is 13.2 Å². The molecule has 0 amide bonds. The molecule has 3 nitrogen and oxygen atoms in total. The third kappa shape index (κ3) is 4.22. The van der Waals surface area contributed by atoms with Gasteiger partial charge in [0.25, 0.3) is 0 Å². The third-order valence-corrected chi connectivity index (χ3v) is 2.06. The Morgan fingerprint density at radius 3 is 2.59 bits per heavy atom. The highest BCUT2D eigenvalue weighted by Gasteiger charge is 2.34. The Hall–Kier alpha value is -1.30. The molecule has 0 radical (unpaired) electrons. The summed E-state index contributed by atoms with van der Waals surface area (Å²) >= 11 is 0. The van der Waals surface area contributed by atoms with Crippen LogP contribution in [0.4, 0.5) is 13.2 Å². The molecule has 0 unspecified atom stereocenters. The topological polar surface area (TPSA) is 31.4 Å². The first-order valence-corrected chi connectivity index (χ1v) is 5.10. The van der Waals surface area contributed by atoms with E-state index in [1.807, 2.05) is 0 Å². The lowest BCUT2D eigenvalue weighted by Gasteiger charge is -2.13. The smallest absolute Gasteiger partial charge is 0.420 e. The molecule has 0 aliphatic rings. The maximum Gasteiger partial charge on any atom is 0.420 e. The fraction of sp³-hybridized carbons (Fsp3) is 0.545. The summed E-state index contributed by atoms with van der Waals surface area (Å²) in [4.78, 5) is 3.80. The quantitative estimate of drug-likeness (QED) is 0.752. The number of alkyl halides is 3. The number of aromatic nitrogens is 1. The van der Waals surface area contributed by atoms with Gasteiger partial charge in [-0.25, -0.2) is 0 Å². The van der Waals surface area contributed by atoms with Crippen LogP contribution in [0, 0.1) is 6.92 Å². The van der Waals surface area contributed by atoms with E-state index in [9.17, 15) is 13.2 Å². The maximum atomic E-state index is 12.7. The molecule has 1 aromatic rings. The van der Waals surface area contributed by atoms with Crippen LogP contribution in [-0.2, 0) is 10.9 Å². The van der Waals surface area contributed by atoms with Crippen LogP contribution < -0.4 is 4.74 Å². The van der Waals surface area contributed by atoms with Gasteiger partial charge in [-0.05, 0) is 13.0 Å². The molecule has 0 saturated heterocycles. The van der Waals surface area contributed by atoms with E-state index >= 15 is 0 Å². The van der Waals surface area contributed by atoms with Crippen molar-refractivity contribution in [3.05, 3.63) is 23.5 Å². The number of hydrogen-bond donors (Lipinski definition) is 0. The number of halogens is 3. The average molecular weight is 249 g/mol. The molecule has 1 rings (SSSR count). The molecule has 0 fully saturated rings. The van der Waals surface area contributed by atoms with Crippen LogP contribution >= 0.6 is 0 Å². The van der Waals surface area contributed by atoms with E-state index in [4.69, 9.17) is 9.47 Å². The molecule has 6 heteroatoms. The van der Waals surface area contributed by atoms with Crippen LogP contribution in [-0.4, -0.2) is 25.3 Å². The van der Waals surface area contributed by atoms with E-state index in [-0.39, 0.29) is 12.4 Å². The first kappa shape index (κ1) is 13.8. The second-order valence-electron chi connectivity index (χ2n) is 3.51. The fourth-order valence-corrected chi connectivity index (χ4v) is 1.27. The van der Waals surface area contributed by atoms with Crippen molar-refractivity contribution in [2.24, 2.45) is 0 Å². The molecule has 0 atom stereocenters. The Kier molecular flexibility index (Phi) is 4.74. The first-order chi connectivity index (χ1) is 7.95. The largest absolute Gasteiger partial charge is 0.491 e. The molecule has 0 aliphatic heterocycles. The van der Waals surface area contributed by atoms with Gasteiger partial charge in [-0.15, -0.1) is 0 Å². The van der Waals surface area contributed by atoms with Gasteiger partial charge in [0.1, 0.15) is 11.3 Å². The summed E-state index contributed by atoms with van der Waals surface area (Å²) < 4.78 is 47.9. The molecule has 0 spiro atoms. The van der Waals surface area contributed by atoms with Crippen LogP contribution in [0.25, 0.3) is 0 Å². The van der Waals surface area contributed by atoms with Crippen molar-refractivity contribution in [1.29, 1.82) is 0 Å². The molecule has 0 aliphatic carbocycles. The van der Waals surface area contributed by atoms with Crippen LogP contribution in [0.1, 0.15) is 17.7 Å².